The average molecular weight is 202 g/mol. The molecule has 3 aliphatic rings. The topological polar surface area (TPSA) is 0 Å². The maximum atomic E-state index is 2.46. The number of fused-ring (bicyclic) bond motifs is 1. The molecule has 15 heavy (non-hydrogen) atoms. The highest BCUT2D eigenvalue weighted by molar-refractivity contribution is 5.36. The van der Waals surface area contributed by atoms with Gasteiger partial charge in [0.25, 0.3) is 0 Å². The summed E-state index contributed by atoms with van der Waals surface area (Å²) >= 11 is 0. The lowest BCUT2D eigenvalue weighted by Crippen LogP contribution is -2.16. The first-order chi connectivity index (χ1) is 7.25. The summed E-state index contributed by atoms with van der Waals surface area (Å²) in [6, 6.07) is 0. The summed E-state index contributed by atoms with van der Waals surface area (Å²) in [6.07, 6.45) is 12.2. The Morgan fingerprint density at radius 3 is 2.47 bits per heavy atom. The van der Waals surface area contributed by atoms with Crippen LogP contribution in [0.3, 0.4) is 0 Å². The van der Waals surface area contributed by atoms with Crippen molar-refractivity contribution in [3.05, 3.63) is 23.3 Å². The fraction of sp³-hybridized carbons (Fsp3) is 0.733. The van der Waals surface area contributed by atoms with Gasteiger partial charge in [-0.15, -0.1) is 0 Å². The Hall–Kier alpha value is -0.520. The van der Waals surface area contributed by atoms with Crippen molar-refractivity contribution in [1.29, 1.82) is 0 Å². The van der Waals surface area contributed by atoms with Crippen molar-refractivity contribution >= 4 is 0 Å². The van der Waals surface area contributed by atoms with Crippen molar-refractivity contribution in [3.8, 4) is 0 Å². The van der Waals surface area contributed by atoms with Crippen LogP contribution in [0.5, 0.6) is 0 Å². The molecule has 3 aliphatic carbocycles. The molecule has 3 rings (SSSR count). The van der Waals surface area contributed by atoms with Gasteiger partial charge in [-0.05, 0) is 49.9 Å². The van der Waals surface area contributed by atoms with Gasteiger partial charge in [0.05, 0.1) is 0 Å². The Morgan fingerprint density at radius 2 is 1.73 bits per heavy atom. The van der Waals surface area contributed by atoms with E-state index < -0.39 is 0 Å². The second-order valence-corrected chi connectivity index (χ2v) is 5.98. The molecule has 0 bridgehead atoms. The lowest BCUT2D eigenvalue weighted by atomic mass is 9.76. The number of allylic oxidation sites excluding steroid dienone is 4. The number of hydrogen-bond donors (Lipinski definition) is 0. The van der Waals surface area contributed by atoms with Crippen LogP contribution in [0.4, 0.5) is 0 Å². The lowest BCUT2D eigenvalue weighted by Gasteiger charge is -2.29. The van der Waals surface area contributed by atoms with Crippen molar-refractivity contribution in [2.24, 2.45) is 23.7 Å². The van der Waals surface area contributed by atoms with E-state index in [1.807, 2.05) is 5.57 Å². The van der Waals surface area contributed by atoms with Crippen LogP contribution in [-0.2, 0) is 0 Å². The molecule has 0 heterocycles. The van der Waals surface area contributed by atoms with Crippen LogP contribution >= 0.6 is 0 Å². The van der Waals surface area contributed by atoms with E-state index in [4.69, 9.17) is 0 Å². The van der Waals surface area contributed by atoms with E-state index in [0.717, 1.165) is 23.7 Å². The number of hydrogen-bond acceptors (Lipinski definition) is 0. The van der Waals surface area contributed by atoms with E-state index in [1.54, 1.807) is 5.57 Å². The minimum absolute atomic E-state index is 0.945. The Morgan fingerprint density at radius 1 is 1.00 bits per heavy atom. The first-order valence-corrected chi connectivity index (χ1v) is 6.64. The zero-order chi connectivity index (χ0) is 10.4. The minimum Gasteiger partial charge on any atom is -0.0696 e. The van der Waals surface area contributed by atoms with Gasteiger partial charge in [-0.3, -0.25) is 0 Å². The molecular weight excluding hydrogens is 180 g/mol. The van der Waals surface area contributed by atoms with E-state index in [0.29, 0.717) is 0 Å². The standard InChI is InChI=1S/C15H22/c1-10-3-6-12(7-4-10)13-8-5-11(2)14-9-15(13)14/h5,8,10,12,14-15H,3-4,6-7,9H2,1-2H3. The molecule has 0 amide bonds. The second-order valence-electron chi connectivity index (χ2n) is 5.98. The Kier molecular flexibility index (Phi) is 2.26. The summed E-state index contributed by atoms with van der Waals surface area (Å²) < 4.78 is 0. The minimum atomic E-state index is 0.945. The molecule has 0 spiro atoms. The molecule has 0 aromatic carbocycles. The van der Waals surface area contributed by atoms with E-state index in [1.165, 1.54) is 32.1 Å². The zero-order valence-electron chi connectivity index (χ0n) is 10.00. The Bertz CT molecular complexity index is 313. The zero-order valence-corrected chi connectivity index (χ0v) is 10.00. The number of rotatable bonds is 1. The molecule has 0 heteroatoms. The highest BCUT2D eigenvalue weighted by atomic mass is 14.5. The van der Waals surface area contributed by atoms with Gasteiger partial charge >= 0.3 is 0 Å². The quantitative estimate of drug-likeness (QED) is 0.593. The lowest BCUT2D eigenvalue weighted by molar-refractivity contribution is 0.312. The highest BCUT2D eigenvalue weighted by Crippen LogP contribution is 2.54. The monoisotopic (exact) mass is 202 g/mol. The van der Waals surface area contributed by atoms with E-state index >= 15 is 0 Å². The summed E-state index contributed by atoms with van der Waals surface area (Å²) in [4.78, 5) is 0. The Labute approximate surface area is 93.5 Å². The van der Waals surface area contributed by atoms with Crippen LogP contribution in [0.1, 0.15) is 46.0 Å². The predicted molar refractivity (Wildman–Crippen MR) is 64.6 cm³/mol. The molecule has 0 aromatic rings. The van der Waals surface area contributed by atoms with Gasteiger partial charge < -0.3 is 0 Å². The molecule has 0 aliphatic heterocycles. The van der Waals surface area contributed by atoms with Crippen LogP contribution in [0.15, 0.2) is 23.3 Å². The van der Waals surface area contributed by atoms with Gasteiger partial charge in [0, 0.05) is 0 Å². The summed E-state index contributed by atoms with van der Waals surface area (Å²) in [5.74, 6) is 3.84. The van der Waals surface area contributed by atoms with Crippen LogP contribution in [0.2, 0.25) is 0 Å². The second kappa shape index (κ2) is 3.50. The van der Waals surface area contributed by atoms with Crippen molar-refractivity contribution in [2.75, 3.05) is 0 Å². The third-order valence-corrected chi connectivity index (χ3v) is 4.83. The van der Waals surface area contributed by atoms with Crippen LogP contribution in [0.25, 0.3) is 0 Å². The van der Waals surface area contributed by atoms with Gasteiger partial charge in [0.15, 0.2) is 0 Å². The molecular formula is C15H22. The Balaban J connectivity index is 1.73. The van der Waals surface area contributed by atoms with E-state index in [9.17, 15) is 0 Å². The third kappa shape index (κ3) is 1.68. The smallest absolute Gasteiger partial charge is 0.0126 e. The van der Waals surface area contributed by atoms with E-state index in [2.05, 4.69) is 26.0 Å². The average Bonchev–Trinajstić information content (AvgIpc) is 3.01. The molecule has 82 valence electrons. The third-order valence-electron chi connectivity index (χ3n) is 4.83. The molecule has 0 N–H and O–H groups in total. The SMILES string of the molecule is CC1=CC=C(C2CCC(C)CC2)C2CC12. The van der Waals surface area contributed by atoms with Crippen molar-refractivity contribution in [2.45, 2.75) is 46.0 Å². The first kappa shape index (κ1) is 9.69. The molecule has 2 fully saturated rings. The van der Waals surface area contributed by atoms with Gasteiger partial charge in [0.2, 0.25) is 0 Å². The fourth-order valence-corrected chi connectivity index (χ4v) is 3.57. The molecule has 0 saturated heterocycles. The van der Waals surface area contributed by atoms with Gasteiger partial charge in [-0.2, -0.15) is 0 Å². The molecule has 2 atom stereocenters. The maximum absolute atomic E-state index is 2.46. The van der Waals surface area contributed by atoms with Crippen molar-refractivity contribution in [1.82, 2.24) is 0 Å². The summed E-state index contributed by atoms with van der Waals surface area (Å²) in [5.41, 5.74) is 3.45. The van der Waals surface area contributed by atoms with E-state index in [-0.39, 0.29) is 0 Å². The van der Waals surface area contributed by atoms with Crippen LogP contribution < -0.4 is 0 Å². The van der Waals surface area contributed by atoms with Gasteiger partial charge in [0.1, 0.15) is 0 Å². The molecule has 0 nitrogen and oxygen atoms in total. The summed E-state index contributed by atoms with van der Waals surface area (Å²) in [5, 5.41) is 0. The maximum Gasteiger partial charge on any atom is -0.0126 e. The van der Waals surface area contributed by atoms with Crippen LogP contribution in [0, 0.1) is 23.7 Å². The highest BCUT2D eigenvalue weighted by Gasteiger charge is 2.44. The predicted octanol–water partition coefficient (Wildman–Crippen LogP) is 4.34. The summed E-state index contributed by atoms with van der Waals surface area (Å²) in [6.45, 7) is 4.72. The first-order valence-electron chi connectivity index (χ1n) is 6.64. The summed E-state index contributed by atoms with van der Waals surface area (Å²) in [7, 11) is 0. The molecule has 2 saturated carbocycles. The largest absolute Gasteiger partial charge is 0.0696 e. The molecule has 0 radical (unpaired) electrons. The fourth-order valence-electron chi connectivity index (χ4n) is 3.57. The van der Waals surface area contributed by atoms with Crippen LogP contribution in [-0.4, -0.2) is 0 Å². The molecule has 0 aromatic heterocycles. The normalized spacial score (nSPS) is 44.1. The van der Waals surface area contributed by atoms with Gasteiger partial charge in [-0.1, -0.05) is 43.1 Å². The molecule has 2 unspecified atom stereocenters. The van der Waals surface area contributed by atoms with Crippen molar-refractivity contribution < 1.29 is 0 Å². The van der Waals surface area contributed by atoms with Crippen molar-refractivity contribution in [3.63, 3.8) is 0 Å². The van der Waals surface area contributed by atoms with Gasteiger partial charge in [-0.25, -0.2) is 0 Å².